The van der Waals surface area contributed by atoms with E-state index in [1.54, 1.807) is 0 Å². The molecule has 1 aliphatic carbocycles. The summed E-state index contributed by atoms with van der Waals surface area (Å²) in [5, 5.41) is 6.25. The van der Waals surface area contributed by atoms with Gasteiger partial charge in [-0.15, -0.1) is 0 Å². The number of fused-ring (bicyclic) bond motifs is 1. The van der Waals surface area contributed by atoms with Gasteiger partial charge in [0, 0.05) is 11.4 Å². The van der Waals surface area contributed by atoms with Crippen LogP contribution in [0.1, 0.15) is 42.3 Å². The number of aryl methyl sites for hydroxylation is 2. The maximum Gasteiger partial charge on any atom is 0.282 e. The maximum atomic E-state index is 13.4. The Labute approximate surface area is 192 Å². The Kier molecular flexibility index (Phi) is 5.18. The fraction of sp³-hybridized carbons (Fsp3) is 0.222. The van der Waals surface area contributed by atoms with E-state index in [2.05, 4.69) is 43.3 Å². The number of rotatable bonds is 4. The van der Waals surface area contributed by atoms with Gasteiger partial charge in [0.05, 0.1) is 22.0 Å². The molecule has 0 radical (unpaired) electrons. The van der Waals surface area contributed by atoms with E-state index in [1.807, 2.05) is 43.3 Å². The molecule has 160 valence electrons. The normalized spacial score (nSPS) is 19.3. The van der Waals surface area contributed by atoms with Crippen molar-refractivity contribution < 1.29 is 0 Å². The minimum absolute atomic E-state index is 0.124. The van der Waals surface area contributed by atoms with Gasteiger partial charge in [0.2, 0.25) is 0 Å². The van der Waals surface area contributed by atoms with Crippen molar-refractivity contribution in [3.05, 3.63) is 111 Å². The zero-order chi connectivity index (χ0) is 22.3. The van der Waals surface area contributed by atoms with Gasteiger partial charge in [-0.2, -0.15) is 9.78 Å². The average Bonchev–Trinajstić information content (AvgIpc) is 2.80. The molecule has 0 amide bonds. The molecule has 1 atom stereocenters. The number of aromatic nitrogens is 2. The van der Waals surface area contributed by atoms with Crippen LogP contribution >= 0.6 is 11.6 Å². The highest BCUT2D eigenvalue weighted by molar-refractivity contribution is 6.30. The standard InChI is InChI=1S/C27H24ClN3O/c1-3-25-29-23-7-5-4-6-22(23)26(32)31(25)30-24-16-17-27(24,19-10-8-18(2)9-11-19)20-12-14-21(28)15-13-20/h4-15H,3,16-17H2,1-2H3/b30-24-. The van der Waals surface area contributed by atoms with Crippen molar-refractivity contribution in [2.75, 3.05) is 0 Å². The van der Waals surface area contributed by atoms with Crippen molar-refractivity contribution in [2.45, 2.75) is 38.5 Å². The van der Waals surface area contributed by atoms with Crippen LogP contribution in [0.15, 0.2) is 82.7 Å². The van der Waals surface area contributed by atoms with E-state index >= 15 is 0 Å². The zero-order valence-electron chi connectivity index (χ0n) is 18.2. The highest BCUT2D eigenvalue weighted by Gasteiger charge is 2.47. The van der Waals surface area contributed by atoms with Crippen LogP contribution in [0.5, 0.6) is 0 Å². The van der Waals surface area contributed by atoms with Gasteiger partial charge >= 0.3 is 0 Å². The molecule has 32 heavy (non-hydrogen) atoms. The van der Waals surface area contributed by atoms with Crippen molar-refractivity contribution in [3.63, 3.8) is 0 Å². The largest absolute Gasteiger partial charge is 0.282 e. The Morgan fingerprint density at radius 3 is 2.28 bits per heavy atom. The fourth-order valence-electron chi connectivity index (χ4n) is 4.61. The number of para-hydroxylation sites is 1. The van der Waals surface area contributed by atoms with E-state index in [4.69, 9.17) is 21.7 Å². The summed E-state index contributed by atoms with van der Waals surface area (Å²) in [6.07, 6.45) is 2.36. The molecule has 5 rings (SSSR count). The van der Waals surface area contributed by atoms with Crippen LogP contribution in [0.2, 0.25) is 5.02 Å². The molecule has 5 heteroatoms. The highest BCUT2D eigenvalue weighted by atomic mass is 35.5. The van der Waals surface area contributed by atoms with Gasteiger partial charge in [0.1, 0.15) is 5.82 Å². The summed E-state index contributed by atoms with van der Waals surface area (Å²) in [6, 6.07) is 24.0. The van der Waals surface area contributed by atoms with Crippen LogP contribution in [-0.2, 0) is 11.8 Å². The van der Waals surface area contributed by atoms with E-state index in [1.165, 1.54) is 15.8 Å². The Balaban J connectivity index is 1.74. The second-order valence-corrected chi connectivity index (χ2v) is 8.78. The second kappa shape index (κ2) is 8.03. The van der Waals surface area contributed by atoms with Crippen LogP contribution in [0.3, 0.4) is 0 Å². The van der Waals surface area contributed by atoms with Gasteiger partial charge in [0.25, 0.3) is 5.56 Å². The van der Waals surface area contributed by atoms with Gasteiger partial charge < -0.3 is 0 Å². The molecule has 1 fully saturated rings. The fourth-order valence-corrected chi connectivity index (χ4v) is 4.73. The van der Waals surface area contributed by atoms with Crippen molar-refractivity contribution in [1.29, 1.82) is 0 Å². The van der Waals surface area contributed by atoms with Crippen molar-refractivity contribution in [2.24, 2.45) is 5.10 Å². The van der Waals surface area contributed by atoms with Gasteiger partial charge in [-0.05, 0) is 55.2 Å². The number of hydrogen-bond donors (Lipinski definition) is 0. The summed E-state index contributed by atoms with van der Waals surface area (Å²) in [7, 11) is 0. The first kappa shape index (κ1) is 20.7. The van der Waals surface area contributed by atoms with Gasteiger partial charge in [0.15, 0.2) is 0 Å². The smallest absolute Gasteiger partial charge is 0.267 e. The van der Waals surface area contributed by atoms with Crippen LogP contribution in [-0.4, -0.2) is 15.4 Å². The van der Waals surface area contributed by atoms with E-state index in [0.717, 1.165) is 24.1 Å². The molecule has 4 aromatic rings. The molecule has 0 spiro atoms. The van der Waals surface area contributed by atoms with Crippen LogP contribution < -0.4 is 5.56 Å². The van der Waals surface area contributed by atoms with Crippen LogP contribution in [0.4, 0.5) is 0 Å². The third-order valence-corrected chi connectivity index (χ3v) is 6.72. The molecule has 1 unspecified atom stereocenters. The van der Waals surface area contributed by atoms with Gasteiger partial charge in [-0.3, -0.25) is 4.79 Å². The Hall–Kier alpha value is -3.24. The van der Waals surface area contributed by atoms with Gasteiger partial charge in [-0.1, -0.05) is 72.6 Å². The van der Waals surface area contributed by atoms with Crippen molar-refractivity contribution in [3.8, 4) is 0 Å². The first-order chi connectivity index (χ1) is 15.5. The lowest BCUT2D eigenvalue weighted by atomic mass is 9.59. The first-order valence-electron chi connectivity index (χ1n) is 10.9. The molecule has 4 nitrogen and oxygen atoms in total. The lowest BCUT2D eigenvalue weighted by Gasteiger charge is -2.44. The molecule has 0 saturated heterocycles. The summed E-state index contributed by atoms with van der Waals surface area (Å²) in [5.74, 6) is 0.669. The molecular weight excluding hydrogens is 418 g/mol. The van der Waals surface area contributed by atoms with Crippen LogP contribution in [0, 0.1) is 6.92 Å². The molecular formula is C27H24ClN3O. The summed E-state index contributed by atoms with van der Waals surface area (Å²) in [5.41, 5.74) is 4.70. The number of nitrogens with zero attached hydrogens (tertiary/aromatic N) is 3. The molecule has 1 aromatic heterocycles. The summed E-state index contributed by atoms with van der Waals surface area (Å²) in [4.78, 5) is 18.1. The molecule has 1 heterocycles. The van der Waals surface area contributed by atoms with Gasteiger partial charge in [-0.25, -0.2) is 4.98 Å². The number of halogens is 1. The Bertz CT molecular complexity index is 1340. The predicted molar refractivity (Wildman–Crippen MR) is 131 cm³/mol. The summed E-state index contributed by atoms with van der Waals surface area (Å²) >= 11 is 6.19. The molecule has 0 aliphatic heterocycles. The minimum atomic E-state index is -0.381. The quantitative estimate of drug-likeness (QED) is 0.395. The molecule has 3 aromatic carbocycles. The highest BCUT2D eigenvalue weighted by Crippen LogP contribution is 2.47. The SMILES string of the molecule is CCc1nc2ccccc2c(=O)n1/N=C1/CCC1(c1ccc(C)cc1)c1ccc(Cl)cc1. The topological polar surface area (TPSA) is 47.2 Å². The molecule has 0 N–H and O–H groups in total. The van der Waals surface area contributed by atoms with E-state index in [-0.39, 0.29) is 11.0 Å². The van der Waals surface area contributed by atoms with E-state index in [0.29, 0.717) is 28.2 Å². The Morgan fingerprint density at radius 2 is 1.66 bits per heavy atom. The minimum Gasteiger partial charge on any atom is -0.267 e. The van der Waals surface area contributed by atoms with Crippen LogP contribution in [0.25, 0.3) is 10.9 Å². The average molecular weight is 442 g/mol. The number of hydrogen-bond acceptors (Lipinski definition) is 3. The van der Waals surface area contributed by atoms with E-state index < -0.39 is 0 Å². The zero-order valence-corrected chi connectivity index (χ0v) is 18.9. The maximum absolute atomic E-state index is 13.4. The summed E-state index contributed by atoms with van der Waals surface area (Å²) in [6.45, 7) is 4.09. The molecule has 0 bridgehead atoms. The lowest BCUT2D eigenvalue weighted by molar-refractivity contribution is 0.528. The molecule has 1 aliphatic rings. The lowest BCUT2D eigenvalue weighted by Crippen LogP contribution is -2.47. The predicted octanol–water partition coefficient (Wildman–Crippen LogP) is 5.90. The van der Waals surface area contributed by atoms with Crippen molar-refractivity contribution >= 4 is 28.2 Å². The van der Waals surface area contributed by atoms with Crippen molar-refractivity contribution in [1.82, 2.24) is 9.66 Å². The second-order valence-electron chi connectivity index (χ2n) is 8.34. The Morgan fingerprint density at radius 1 is 1.00 bits per heavy atom. The third-order valence-electron chi connectivity index (χ3n) is 6.47. The monoisotopic (exact) mass is 441 g/mol. The first-order valence-corrected chi connectivity index (χ1v) is 11.3. The number of benzene rings is 3. The molecule has 1 saturated carbocycles. The third kappa shape index (κ3) is 3.26. The summed E-state index contributed by atoms with van der Waals surface area (Å²) < 4.78 is 1.51. The van der Waals surface area contributed by atoms with E-state index in [9.17, 15) is 4.79 Å².